The normalized spacial score (nSPS) is 21.1. The molecule has 1 aliphatic rings. The summed E-state index contributed by atoms with van der Waals surface area (Å²) in [6.07, 6.45) is 1.86. The fourth-order valence-electron chi connectivity index (χ4n) is 5.52. The highest BCUT2D eigenvalue weighted by Crippen LogP contribution is 2.51. The van der Waals surface area contributed by atoms with Gasteiger partial charge < -0.3 is 10.2 Å². The van der Waals surface area contributed by atoms with Gasteiger partial charge in [0.25, 0.3) is 0 Å². The van der Waals surface area contributed by atoms with Gasteiger partial charge in [0.2, 0.25) is 11.8 Å². The Morgan fingerprint density at radius 2 is 1.37 bits per heavy atom. The van der Waals surface area contributed by atoms with Crippen LogP contribution in [0.3, 0.4) is 0 Å². The van der Waals surface area contributed by atoms with Crippen LogP contribution in [0, 0.1) is 11.3 Å². The lowest BCUT2D eigenvalue weighted by molar-refractivity contribution is -0.142. The van der Waals surface area contributed by atoms with Crippen LogP contribution in [0.5, 0.6) is 0 Å². The number of benzene rings is 3. The molecule has 4 atom stereocenters. The van der Waals surface area contributed by atoms with Crippen molar-refractivity contribution in [2.75, 3.05) is 6.54 Å². The Labute approximate surface area is 225 Å². The molecular formula is C33H36N2O3. The van der Waals surface area contributed by atoms with Crippen molar-refractivity contribution in [3.05, 3.63) is 120 Å². The number of hydrogen-bond donors (Lipinski definition) is 1. The van der Waals surface area contributed by atoms with Gasteiger partial charge in [0, 0.05) is 24.4 Å². The molecule has 0 radical (unpaired) electrons. The molecule has 196 valence electrons. The largest absolute Gasteiger partial charge is 0.351 e. The van der Waals surface area contributed by atoms with E-state index in [1.54, 1.807) is 23.1 Å². The topological polar surface area (TPSA) is 66.5 Å². The first kappa shape index (κ1) is 27.1. The van der Waals surface area contributed by atoms with Crippen LogP contribution in [0.4, 0.5) is 0 Å². The predicted molar refractivity (Wildman–Crippen MR) is 151 cm³/mol. The van der Waals surface area contributed by atoms with Crippen LogP contribution >= 0.6 is 0 Å². The molecule has 3 aromatic carbocycles. The number of amides is 2. The number of hydrogen-bond acceptors (Lipinski definition) is 3. The third-order valence-corrected chi connectivity index (χ3v) is 7.01. The Balaban J connectivity index is 1.98. The van der Waals surface area contributed by atoms with Gasteiger partial charge in [-0.1, -0.05) is 118 Å². The molecule has 2 amide bonds. The monoisotopic (exact) mass is 508 g/mol. The minimum atomic E-state index is -0.866. The lowest BCUT2D eigenvalue weighted by Gasteiger charge is -2.33. The van der Waals surface area contributed by atoms with Crippen LogP contribution in [0.2, 0.25) is 0 Å². The second-order valence-corrected chi connectivity index (χ2v) is 11.1. The van der Waals surface area contributed by atoms with Crippen LogP contribution in [-0.4, -0.2) is 35.1 Å². The molecule has 1 aliphatic heterocycles. The Morgan fingerprint density at radius 3 is 1.89 bits per heavy atom. The SMILES string of the molecule is C=CCNC(=O)C1C(c2ccccc2)C(C(=O)c2ccccc2)C(c2ccccc2)N1C(=O)CC(C)(C)C. The first-order chi connectivity index (χ1) is 18.2. The standard InChI is InChI=1S/C33H36N2O3/c1-5-21-34-32(38)30-27(23-15-9-6-10-16-23)28(31(37)25-19-13-8-14-20-25)29(24-17-11-7-12-18-24)35(30)26(36)22-33(2,3)4/h5-20,27-30H,1,21-22H2,2-4H3,(H,34,38). The predicted octanol–water partition coefficient (Wildman–Crippen LogP) is 5.96. The van der Waals surface area contributed by atoms with Gasteiger partial charge in [0.15, 0.2) is 5.78 Å². The third-order valence-electron chi connectivity index (χ3n) is 7.01. The fourth-order valence-corrected chi connectivity index (χ4v) is 5.52. The number of rotatable bonds is 8. The van der Waals surface area contributed by atoms with Gasteiger partial charge in [-0.25, -0.2) is 0 Å². The van der Waals surface area contributed by atoms with Crippen LogP contribution in [0.25, 0.3) is 0 Å². The number of Topliss-reactive ketones (excluding diaryl/α,β-unsaturated/α-hetero) is 1. The molecule has 4 unspecified atom stereocenters. The summed E-state index contributed by atoms with van der Waals surface area (Å²) in [6, 6.07) is 26.9. The quantitative estimate of drug-likeness (QED) is 0.302. The number of nitrogens with zero attached hydrogens (tertiary/aromatic N) is 1. The van der Waals surface area contributed by atoms with Crippen molar-refractivity contribution < 1.29 is 14.4 Å². The van der Waals surface area contributed by atoms with Gasteiger partial charge in [0.05, 0.1) is 12.0 Å². The molecule has 1 fully saturated rings. The minimum Gasteiger partial charge on any atom is -0.351 e. The molecule has 5 nitrogen and oxygen atoms in total. The molecule has 4 rings (SSSR count). The van der Waals surface area contributed by atoms with Crippen molar-refractivity contribution in [3.63, 3.8) is 0 Å². The molecule has 38 heavy (non-hydrogen) atoms. The zero-order valence-corrected chi connectivity index (χ0v) is 22.3. The van der Waals surface area contributed by atoms with E-state index in [2.05, 4.69) is 11.9 Å². The number of carbonyl (C=O) groups excluding carboxylic acids is 3. The molecule has 1 N–H and O–H groups in total. The van der Waals surface area contributed by atoms with Crippen molar-refractivity contribution in [1.29, 1.82) is 0 Å². The Bertz CT molecular complexity index is 1270. The van der Waals surface area contributed by atoms with E-state index in [-0.39, 0.29) is 36.0 Å². The van der Waals surface area contributed by atoms with Crippen LogP contribution in [0.1, 0.15) is 60.6 Å². The maximum Gasteiger partial charge on any atom is 0.243 e. The van der Waals surface area contributed by atoms with E-state index in [0.29, 0.717) is 5.56 Å². The first-order valence-electron chi connectivity index (χ1n) is 13.1. The highest BCUT2D eigenvalue weighted by atomic mass is 16.2. The highest BCUT2D eigenvalue weighted by Gasteiger charge is 2.57. The fraction of sp³-hybridized carbons (Fsp3) is 0.303. The average Bonchev–Trinajstić information content (AvgIpc) is 3.28. The van der Waals surface area contributed by atoms with Crippen molar-refractivity contribution in [2.24, 2.45) is 11.3 Å². The summed E-state index contributed by atoms with van der Waals surface area (Å²) in [7, 11) is 0. The van der Waals surface area contributed by atoms with Gasteiger partial charge in [-0.3, -0.25) is 14.4 Å². The van der Waals surface area contributed by atoms with Gasteiger partial charge in [-0.05, 0) is 16.5 Å². The molecule has 0 bridgehead atoms. The van der Waals surface area contributed by atoms with E-state index >= 15 is 0 Å². The van der Waals surface area contributed by atoms with Gasteiger partial charge in [-0.15, -0.1) is 6.58 Å². The summed E-state index contributed by atoms with van der Waals surface area (Å²) < 4.78 is 0. The number of ketones is 1. The maximum absolute atomic E-state index is 14.4. The van der Waals surface area contributed by atoms with E-state index < -0.39 is 23.9 Å². The molecular weight excluding hydrogens is 472 g/mol. The van der Waals surface area contributed by atoms with Crippen LogP contribution < -0.4 is 5.32 Å². The second kappa shape index (κ2) is 11.6. The molecule has 5 heteroatoms. The maximum atomic E-state index is 14.4. The summed E-state index contributed by atoms with van der Waals surface area (Å²) in [5.41, 5.74) is 1.95. The third kappa shape index (κ3) is 5.77. The summed E-state index contributed by atoms with van der Waals surface area (Å²) >= 11 is 0. The van der Waals surface area contributed by atoms with E-state index in [1.807, 2.05) is 99.6 Å². The summed E-state index contributed by atoms with van der Waals surface area (Å²) in [5, 5.41) is 2.93. The number of likely N-dealkylation sites (tertiary alicyclic amines) is 1. The molecule has 0 aliphatic carbocycles. The van der Waals surface area contributed by atoms with Gasteiger partial charge in [0.1, 0.15) is 6.04 Å². The van der Waals surface area contributed by atoms with Crippen molar-refractivity contribution in [3.8, 4) is 0 Å². The molecule has 1 saturated heterocycles. The number of nitrogens with one attached hydrogen (secondary N) is 1. The van der Waals surface area contributed by atoms with Crippen LogP contribution in [-0.2, 0) is 9.59 Å². The van der Waals surface area contributed by atoms with E-state index in [1.165, 1.54) is 0 Å². The first-order valence-corrected chi connectivity index (χ1v) is 13.1. The van der Waals surface area contributed by atoms with Gasteiger partial charge >= 0.3 is 0 Å². The van der Waals surface area contributed by atoms with Crippen molar-refractivity contribution in [2.45, 2.75) is 45.2 Å². The molecule has 0 aromatic heterocycles. The molecule has 0 spiro atoms. The molecule has 3 aromatic rings. The lowest BCUT2D eigenvalue weighted by atomic mass is 9.76. The average molecular weight is 509 g/mol. The van der Waals surface area contributed by atoms with E-state index in [0.717, 1.165) is 11.1 Å². The zero-order valence-electron chi connectivity index (χ0n) is 22.3. The molecule has 1 heterocycles. The van der Waals surface area contributed by atoms with Gasteiger partial charge in [-0.2, -0.15) is 0 Å². The summed E-state index contributed by atoms with van der Waals surface area (Å²) in [6.45, 7) is 10.0. The second-order valence-electron chi connectivity index (χ2n) is 11.1. The Morgan fingerprint density at radius 1 is 0.842 bits per heavy atom. The molecule has 0 saturated carbocycles. The van der Waals surface area contributed by atoms with Crippen LogP contribution in [0.15, 0.2) is 104 Å². The number of carbonyl (C=O) groups is 3. The highest BCUT2D eigenvalue weighted by molar-refractivity contribution is 6.02. The Kier molecular flexibility index (Phi) is 8.26. The van der Waals surface area contributed by atoms with E-state index in [9.17, 15) is 14.4 Å². The minimum absolute atomic E-state index is 0.0825. The van der Waals surface area contributed by atoms with Crippen molar-refractivity contribution in [1.82, 2.24) is 10.2 Å². The lowest BCUT2D eigenvalue weighted by Crippen LogP contribution is -2.49. The zero-order chi connectivity index (χ0) is 27.3. The van der Waals surface area contributed by atoms with E-state index in [4.69, 9.17) is 0 Å². The summed E-state index contributed by atoms with van der Waals surface area (Å²) in [5.74, 6) is -1.71. The smallest absolute Gasteiger partial charge is 0.243 e. The summed E-state index contributed by atoms with van der Waals surface area (Å²) in [4.78, 5) is 44.1. The Hall–Kier alpha value is -3.99. The van der Waals surface area contributed by atoms with Crippen molar-refractivity contribution >= 4 is 17.6 Å².